The lowest BCUT2D eigenvalue weighted by Crippen LogP contribution is -2.29. The second-order valence-electron chi connectivity index (χ2n) is 8.64. The van der Waals surface area contributed by atoms with Gasteiger partial charge in [0.25, 0.3) is 5.78 Å². The highest BCUT2D eigenvalue weighted by Crippen LogP contribution is 2.45. The van der Waals surface area contributed by atoms with Crippen LogP contribution in [0.2, 0.25) is 5.02 Å². The average Bonchev–Trinajstić information content (AvgIpc) is 3.46. The van der Waals surface area contributed by atoms with Gasteiger partial charge in [0, 0.05) is 10.6 Å². The Hall–Kier alpha value is -4.08. The van der Waals surface area contributed by atoms with Gasteiger partial charge in [-0.05, 0) is 61.0 Å². The first-order chi connectivity index (χ1) is 18.4. The molecule has 192 valence electrons. The second-order valence-corrected chi connectivity index (χ2v) is 10.1. The summed E-state index contributed by atoms with van der Waals surface area (Å²) < 4.78 is 17.6. The summed E-state index contributed by atoms with van der Waals surface area (Å²) in [5.41, 5.74) is 1.54. The fourth-order valence-corrected chi connectivity index (χ4v) is 5.74. The maximum Gasteiger partial charge on any atom is 0.301 e. The Balaban J connectivity index is 1.51. The van der Waals surface area contributed by atoms with Gasteiger partial charge < -0.3 is 19.3 Å². The standard InChI is InChI=1S/C28H21ClN2O6S/c1-2-35-18-8-9-19-22(14-18)38-28(30-19)31-24(15-3-6-17(29)7-4-15)23(26(33)27(31)34)25(32)16-5-10-20-21(13-16)37-12-11-36-20/h3-10,13-14,24,32H,2,11-12H2,1H3/b25-23+/t24-/m1/s1. The maximum absolute atomic E-state index is 13.5. The number of aliphatic hydroxyl groups is 1. The summed E-state index contributed by atoms with van der Waals surface area (Å²) in [6.07, 6.45) is 0. The predicted molar refractivity (Wildman–Crippen MR) is 144 cm³/mol. The highest BCUT2D eigenvalue weighted by molar-refractivity contribution is 7.22. The number of ether oxygens (including phenoxy) is 3. The molecule has 1 fully saturated rings. The molecule has 2 aliphatic heterocycles. The zero-order valence-corrected chi connectivity index (χ0v) is 21.7. The van der Waals surface area contributed by atoms with E-state index in [4.69, 9.17) is 25.8 Å². The van der Waals surface area contributed by atoms with E-state index in [0.29, 0.717) is 63.9 Å². The topological polar surface area (TPSA) is 98.2 Å². The number of halogens is 1. The molecule has 38 heavy (non-hydrogen) atoms. The van der Waals surface area contributed by atoms with Crippen LogP contribution in [-0.4, -0.2) is 41.6 Å². The number of carbonyl (C=O) groups excluding carboxylic acids is 2. The Bertz CT molecular complexity index is 1610. The summed E-state index contributed by atoms with van der Waals surface area (Å²) in [6, 6.07) is 16.2. The van der Waals surface area contributed by atoms with Crippen LogP contribution in [0.5, 0.6) is 17.2 Å². The molecule has 2 aliphatic rings. The second kappa shape index (κ2) is 9.66. The van der Waals surface area contributed by atoms with Crippen LogP contribution in [0.4, 0.5) is 5.13 Å². The first-order valence-electron chi connectivity index (χ1n) is 11.9. The van der Waals surface area contributed by atoms with Gasteiger partial charge in [-0.1, -0.05) is 35.1 Å². The van der Waals surface area contributed by atoms with Gasteiger partial charge in [0.05, 0.1) is 28.4 Å². The molecule has 10 heteroatoms. The number of carbonyl (C=O) groups is 2. The molecule has 0 unspecified atom stereocenters. The van der Waals surface area contributed by atoms with Crippen LogP contribution < -0.4 is 19.1 Å². The van der Waals surface area contributed by atoms with Gasteiger partial charge in [0.2, 0.25) is 0 Å². The Morgan fingerprint density at radius 3 is 2.61 bits per heavy atom. The van der Waals surface area contributed by atoms with E-state index in [1.807, 2.05) is 25.1 Å². The molecule has 0 bridgehead atoms. The number of aromatic nitrogens is 1. The number of ketones is 1. The van der Waals surface area contributed by atoms with Crippen molar-refractivity contribution in [3.63, 3.8) is 0 Å². The smallest absolute Gasteiger partial charge is 0.301 e. The molecule has 3 aromatic carbocycles. The van der Waals surface area contributed by atoms with E-state index in [2.05, 4.69) is 4.98 Å². The van der Waals surface area contributed by atoms with E-state index in [9.17, 15) is 14.7 Å². The number of fused-ring (bicyclic) bond motifs is 2. The quantitative estimate of drug-likeness (QED) is 0.193. The van der Waals surface area contributed by atoms with Crippen LogP contribution >= 0.6 is 22.9 Å². The number of nitrogens with zero attached hydrogens (tertiary/aromatic N) is 2. The van der Waals surface area contributed by atoms with Gasteiger partial charge in [-0.3, -0.25) is 14.5 Å². The van der Waals surface area contributed by atoms with Crippen molar-refractivity contribution in [2.75, 3.05) is 24.7 Å². The largest absolute Gasteiger partial charge is 0.507 e. The minimum atomic E-state index is -0.924. The normalized spacial score (nSPS) is 18.3. The number of anilines is 1. The molecule has 1 atom stereocenters. The lowest BCUT2D eigenvalue weighted by Gasteiger charge is -2.23. The number of rotatable bonds is 5. The Labute approximate surface area is 226 Å². The molecule has 0 aliphatic carbocycles. The predicted octanol–water partition coefficient (Wildman–Crippen LogP) is 5.75. The molecule has 8 nitrogen and oxygen atoms in total. The Morgan fingerprint density at radius 2 is 1.84 bits per heavy atom. The molecule has 0 spiro atoms. The van der Waals surface area contributed by atoms with E-state index < -0.39 is 17.7 Å². The van der Waals surface area contributed by atoms with E-state index in [-0.39, 0.29) is 11.3 Å². The van der Waals surface area contributed by atoms with Crippen molar-refractivity contribution in [1.82, 2.24) is 4.98 Å². The van der Waals surface area contributed by atoms with E-state index in [1.54, 1.807) is 42.5 Å². The Morgan fingerprint density at radius 1 is 1.08 bits per heavy atom. The molecular formula is C28H21ClN2O6S. The minimum Gasteiger partial charge on any atom is -0.507 e. The van der Waals surface area contributed by atoms with Gasteiger partial charge in [-0.2, -0.15) is 0 Å². The lowest BCUT2D eigenvalue weighted by molar-refractivity contribution is -0.132. The van der Waals surface area contributed by atoms with Crippen molar-refractivity contribution < 1.29 is 28.9 Å². The third-order valence-corrected chi connectivity index (χ3v) is 7.58. The molecule has 3 heterocycles. The maximum atomic E-state index is 13.5. The van der Waals surface area contributed by atoms with E-state index in [0.717, 1.165) is 4.70 Å². The Kier molecular flexibility index (Phi) is 6.17. The first-order valence-corrected chi connectivity index (χ1v) is 13.1. The molecule has 0 radical (unpaired) electrons. The molecule has 4 aromatic rings. The van der Waals surface area contributed by atoms with Crippen molar-refractivity contribution in [1.29, 1.82) is 0 Å². The van der Waals surface area contributed by atoms with E-state index >= 15 is 0 Å². The summed E-state index contributed by atoms with van der Waals surface area (Å²) in [7, 11) is 0. The summed E-state index contributed by atoms with van der Waals surface area (Å²) >= 11 is 7.39. The van der Waals surface area contributed by atoms with Gasteiger partial charge in [0.15, 0.2) is 16.6 Å². The van der Waals surface area contributed by atoms with Gasteiger partial charge in [-0.25, -0.2) is 4.98 Å². The van der Waals surface area contributed by atoms with Gasteiger partial charge >= 0.3 is 5.91 Å². The fourth-order valence-electron chi connectivity index (χ4n) is 4.59. The number of benzene rings is 3. The molecule has 1 aromatic heterocycles. The lowest BCUT2D eigenvalue weighted by atomic mass is 9.95. The number of amides is 1. The minimum absolute atomic E-state index is 0.0525. The summed E-state index contributed by atoms with van der Waals surface area (Å²) in [6.45, 7) is 3.21. The highest BCUT2D eigenvalue weighted by atomic mass is 35.5. The SMILES string of the molecule is CCOc1ccc2nc(N3C(=O)C(=O)/C(=C(/O)c4ccc5c(c4)OCCO5)[C@H]3c3ccc(Cl)cc3)sc2c1. The van der Waals surface area contributed by atoms with Crippen molar-refractivity contribution in [2.24, 2.45) is 0 Å². The van der Waals surface area contributed by atoms with Crippen LogP contribution in [0.25, 0.3) is 16.0 Å². The third kappa shape index (κ3) is 4.13. The number of hydrogen-bond acceptors (Lipinski definition) is 8. The van der Waals surface area contributed by atoms with Crippen LogP contribution in [0.3, 0.4) is 0 Å². The number of thiazole rings is 1. The monoisotopic (exact) mass is 548 g/mol. The van der Waals surface area contributed by atoms with Crippen molar-refractivity contribution >= 4 is 55.7 Å². The van der Waals surface area contributed by atoms with Crippen molar-refractivity contribution in [3.8, 4) is 17.2 Å². The average molecular weight is 549 g/mol. The van der Waals surface area contributed by atoms with Gasteiger partial charge in [0.1, 0.15) is 24.7 Å². The first kappa shape index (κ1) is 24.3. The third-order valence-electron chi connectivity index (χ3n) is 6.31. The highest BCUT2D eigenvalue weighted by Gasteiger charge is 2.48. The molecule has 1 N–H and O–H groups in total. The van der Waals surface area contributed by atoms with Crippen LogP contribution in [0, 0.1) is 0 Å². The van der Waals surface area contributed by atoms with Crippen LogP contribution in [0.15, 0.2) is 66.2 Å². The van der Waals surface area contributed by atoms with Crippen molar-refractivity contribution in [2.45, 2.75) is 13.0 Å². The molecule has 6 rings (SSSR count). The molecular weight excluding hydrogens is 528 g/mol. The molecule has 1 saturated heterocycles. The zero-order valence-electron chi connectivity index (χ0n) is 20.1. The number of hydrogen-bond donors (Lipinski definition) is 1. The number of Topliss-reactive ketones (excluding diaryl/α,β-unsaturated/α-hetero) is 1. The molecule has 0 saturated carbocycles. The zero-order chi connectivity index (χ0) is 26.4. The van der Waals surface area contributed by atoms with Gasteiger partial charge in [-0.15, -0.1) is 0 Å². The molecule has 1 amide bonds. The summed E-state index contributed by atoms with van der Waals surface area (Å²) in [5.74, 6) is -0.232. The summed E-state index contributed by atoms with van der Waals surface area (Å²) in [5, 5.41) is 12.3. The van der Waals surface area contributed by atoms with Crippen molar-refractivity contribution in [3.05, 3.63) is 82.4 Å². The van der Waals surface area contributed by atoms with Crippen LogP contribution in [0.1, 0.15) is 24.1 Å². The van der Waals surface area contributed by atoms with E-state index in [1.165, 1.54) is 16.2 Å². The summed E-state index contributed by atoms with van der Waals surface area (Å²) in [4.78, 5) is 32.9. The fraction of sp³-hybridized carbons (Fsp3) is 0.179. The van der Waals surface area contributed by atoms with Crippen LogP contribution in [-0.2, 0) is 9.59 Å². The number of aliphatic hydroxyl groups excluding tert-OH is 1.